The van der Waals surface area contributed by atoms with Crippen LogP contribution < -0.4 is 4.74 Å². The summed E-state index contributed by atoms with van der Waals surface area (Å²) in [5, 5.41) is 10.2. The number of methoxy groups -OCH3 is 1. The van der Waals surface area contributed by atoms with Gasteiger partial charge in [0.1, 0.15) is 5.75 Å². The minimum atomic E-state index is -0.849. The number of rotatable bonds is 7. The number of carbonyl (C=O) groups excluding carboxylic acids is 1. The van der Waals surface area contributed by atoms with Gasteiger partial charge in [-0.25, -0.2) is 0 Å². The first-order valence-electron chi connectivity index (χ1n) is 6.62. The van der Waals surface area contributed by atoms with Crippen LogP contribution in [0, 0.1) is 5.92 Å². The Kier molecular flexibility index (Phi) is 6.36. The summed E-state index contributed by atoms with van der Waals surface area (Å²) in [6.45, 7) is 4.56. The fraction of sp³-hybridized carbons (Fsp3) is 0.533. The SMILES string of the molecule is CCCOc1ccc(C(O)C(CC)C(=O)OC)cc1. The number of esters is 1. The highest BCUT2D eigenvalue weighted by Crippen LogP contribution is 2.27. The Morgan fingerprint density at radius 1 is 1.26 bits per heavy atom. The highest BCUT2D eigenvalue weighted by Gasteiger charge is 2.27. The van der Waals surface area contributed by atoms with Gasteiger partial charge in [0.2, 0.25) is 0 Å². The molecule has 0 aliphatic rings. The normalized spacial score (nSPS) is 13.7. The van der Waals surface area contributed by atoms with Gasteiger partial charge in [-0.3, -0.25) is 4.79 Å². The first kappa shape index (κ1) is 15.5. The van der Waals surface area contributed by atoms with Gasteiger partial charge in [0.05, 0.1) is 25.7 Å². The zero-order chi connectivity index (χ0) is 14.3. The van der Waals surface area contributed by atoms with Crippen LogP contribution in [0.15, 0.2) is 24.3 Å². The molecule has 0 saturated heterocycles. The summed E-state index contributed by atoms with van der Waals surface area (Å²) in [6.07, 6.45) is 0.629. The number of benzene rings is 1. The minimum absolute atomic E-state index is 0.388. The van der Waals surface area contributed by atoms with Crippen LogP contribution in [0.2, 0.25) is 0 Å². The molecular weight excluding hydrogens is 244 g/mol. The van der Waals surface area contributed by atoms with Crippen molar-refractivity contribution in [2.45, 2.75) is 32.8 Å². The Morgan fingerprint density at radius 3 is 2.37 bits per heavy atom. The van der Waals surface area contributed by atoms with Crippen molar-refractivity contribution in [3.8, 4) is 5.75 Å². The van der Waals surface area contributed by atoms with E-state index in [-0.39, 0.29) is 5.97 Å². The molecule has 0 amide bonds. The standard InChI is InChI=1S/C15H22O4/c1-4-10-19-12-8-6-11(7-9-12)14(16)13(5-2)15(17)18-3/h6-9,13-14,16H,4-5,10H2,1-3H3. The van der Waals surface area contributed by atoms with Gasteiger partial charge in [-0.05, 0) is 30.5 Å². The molecule has 106 valence electrons. The molecule has 4 nitrogen and oxygen atoms in total. The highest BCUT2D eigenvalue weighted by molar-refractivity contribution is 5.73. The predicted octanol–water partition coefficient (Wildman–Crippen LogP) is 2.71. The van der Waals surface area contributed by atoms with E-state index in [1.54, 1.807) is 24.3 Å². The number of hydrogen-bond acceptors (Lipinski definition) is 4. The largest absolute Gasteiger partial charge is 0.494 e. The van der Waals surface area contributed by atoms with Crippen molar-refractivity contribution in [1.29, 1.82) is 0 Å². The molecule has 0 aliphatic carbocycles. The van der Waals surface area contributed by atoms with Crippen LogP contribution in [0.1, 0.15) is 38.4 Å². The fourth-order valence-corrected chi connectivity index (χ4v) is 1.88. The van der Waals surface area contributed by atoms with Gasteiger partial charge in [-0.1, -0.05) is 26.0 Å². The summed E-state index contributed by atoms with van der Waals surface area (Å²) in [7, 11) is 1.33. The summed E-state index contributed by atoms with van der Waals surface area (Å²) < 4.78 is 10.2. The summed E-state index contributed by atoms with van der Waals surface area (Å²) in [6, 6.07) is 7.17. The van der Waals surface area contributed by atoms with Gasteiger partial charge in [-0.2, -0.15) is 0 Å². The predicted molar refractivity (Wildman–Crippen MR) is 73.0 cm³/mol. The number of carbonyl (C=O) groups is 1. The maximum absolute atomic E-state index is 11.6. The lowest BCUT2D eigenvalue weighted by Crippen LogP contribution is -2.22. The average molecular weight is 266 g/mol. The topological polar surface area (TPSA) is 55.8 Å². The lowest BCUT2D eigenvalue weighted by atomic mass is 9.93. The molecule has 0 spiro atoms. The van der Waals surface area contributed by atoms with Gasteiger partial charge in [0.25, 0.3) is 0 Å². The van der Waals surface area contributed by atoms with Gasteiger partial charge >= 0.3 is 5.97 Å². The van der Waals surface area contributed by atoms with E-state index in [2.05, 4.69) is 0 Å². The van der Waals surface area contributed by atoms with Crippen molar-refractivity contribution in [2.75, 3.05) is 13.7 Å². The molecule has 19 heavy (non-hydrogen) atoms. The monoisotopic (exact) mass is 266 g/mol. The van der Waals surface area contributed by atoms with E-state index in [9.17, 15) is 9.90 Å². The van der Waals surface area contributed by atoms with Crippen molar-refractivity contribution < 1.29 is 19.4 Å². The Labute approximate surface area is 114 Å². The van der Waals surface area contributed by atoms with Crippen LogP contribution in [0.5, 0.6) is 5.75 Å². The quantitative estimate of drug-likeness (QED) is 0.771. The van der Waals surface area contributed by atoms with E-state index in [1.165, 1.54) is 7.11 Å². The Bertz CT molecular complexity index is 386. The molecule has 4 heteroatoms. The Hall–Kier alpha value is -1.55. The van der Waals surface area contributed by atoms with E-state index in [0.29, 0.717) is 18.6 Å². The molecule has 0 aliphatic heterocycles. The van der Waals surface area contributed by atoms with Crippen LogP contribution in [0.3, 0.4) is 0 Å². The van der Waals surface area contributed by atoms with E-state index >= 15 is 0 Å². The number of aliphatic hydroxyl groups excluding tert-OH is 1. The first-order valence-corrected chi connectivity index (χ1v) is 6.62. The number of hydrogen-bond donors (Lipinski definition) is 1. The highest BCUT2D eigenvalue weighted by atomic mass is 16.5. The van der Waals surface area contributed by atoms with Crippen LogP contribution >= 0.6 is 0 Å². The van der Waals surface area contributed by atoms with Crippen LogP contribution in [-0.2, 0) is 9.53 Å². The van der Waals surface area contributed by atoms with E-state index in [1.807, 2.05) is 13.8 Å². The molecule has 0 aromatic heterocycles. The third kappa shape index (κ3) is 4.24. The van der Waals surface area contributed by atoms with Crippen molar-refractivity contribution in [3.63, 3.8) is 0 Å². The molecule has 2 unspecified atom stereocenters. The van der Waals surface area contributed by atoms with Crippen LogP contribution in [-0.4, -0.2) is 24.8 Å². The third-order valence-electron chi connectivity index (χ3n) is 3.02. The maximum atomic E-state index is 11.6. The molecule has 2 atom stereocenters. The molecule has 1 N–H and O–H groups in total. The van der Waals surface area contributed by atoms with Crippen molar-refractivity contribution >= 4 is 5.97 Å². The summed E-state index contributed by atoms with van der Waals surface area (Å²) in [5.41, 5.74) is 0.695. The molecule has 1 aromatic rings. The van der Waals surface area contributed by atoms with E-state index in [0.717, 1.165) is 12.2 Å². The van der Waals surface area contributed by atoms with E-state index in [4.69, 9.17) is 9.47 Å². The first-order chi connectivity index (χ1) is 9.13. The summed E-state index contributed by atoms with van der Waals surface area (Å²) >= 11 is 0. The molecule has 0 bridgehead atoms. The van der Waals surface area contributed by atoms with Crippen LogP contribution in [0.25, 0.3) is 0 Å². The van der Waals surface area contributed by atoms with Gasteiger partial charge in [-0.15, -0.1) is 0 Å². The van der Waals surface area contributed by atoms with Gasteiger partial charge < -0.3 is 14.6 Å². The molecular formula is C15H22O4. The molecule has 0 fully saturated rings. The van der Waals surface area contributed by atoms with E-state index < -0.39 is 12.0 Å². The smallest absolute Gasteiger partial charge is 0.311 e. The Balaban J connectivity index is 2.75. The average Bonchev–Trinajstić information content (AvgIpc) is 2.46. The lowest BCUT2D eigenvalue weighted by Gasteiger charge is -2.19. The second kappa shape index (κ2) is 7.79. The summed E-state index contributed by atoms with van der Waals surface area (Å²) in [4.78, 5) is 11.6. The van der Waals surface area contributed by atoms with Gasteiger partial charge in [0.15, 0.2) is 0 Å². The van der Waals surface area contributed by atoms with Crippen LogP contribution in [0.4, 0.5) is 0 Å². The summed E-state index contributed by atoms with van der Waals surface area (Å²) in [5.74, 6) is -0.155. The molecule has 1 rings (SSSR count). The minimum Gasteiger partial charge on any atom is -0.494 e. The number of aliphatic hydroxyl groups is 1. The third-order valence-corrected chi connectivity index (χ3v) is 3.02. The molecule has 1 aromatic carbocycles. The second-order valence-corrected chi connectivity index (χ2v) is 4.40. The number of ether oxygens (including phenoxy) is 2. The van der Waals surface area contributed by atoms with Crippen molar-refractivity contribution in [2.24, 2.45) is 5.92 Å². The maximum Gasteiger partial charge on any atom is 0.311 e. The zero-order valence-electron chi connectivity index (χ0n) is 11.8. The van der Waals surface area contributed by atoms with Gasteiger partial charge in [0, 0.05) is 0 Å². The van der Waals surface area contributed by atoms with Crippen molar-refractivity contribution in [1.82, 2.24) is 0 Å². The fourth-order valence-electron chi connectivity index (χ4n) is 1.88. The zero-order valence-corrected chi connectivity index (χ0v) is 11.8. The molecule has 0 heterocycles. The molecule has 0 saturated carbocycles. The second-order valence-electron chi connectivity index (χ2n) is 4.40. The van der Waals surface area contributed by atoms with Crippen molar-refractivity contribution in [3.05, 3.63) is 29.8 Å². The molecule has 0 radical (unpaired) electrons. The lowest BCUT2D eigenvalue weighted by molar-refractivity contribution is -0.149. The Morgan fingerprint density at radius 2 is 1.89 bits per heavy atom.